The number of nitrogens with one attached hydrogen (secondary N) is 1. The quantitative estimate of drug-likeness (QED) is 0.802. The van der Waals surface area contributed by atoms with Crippen molar-refractivity contribution in [2.75, 3.05) is 12.4 Å². The molecule has 3 N–H and O–H groups in total. The Morgan fingerprint density at radius 2 is 1.73 bits per heavy atom. The Bertz CT molecular complexity index is 782. The summed E-state index contributed by atoms with van der Waals surface area (Å²) in [6.07, 6.45) is 0. The summed E-state index contributed by atoms with van der Waals surface area (Å²) in [5, 5.41) is 2.73. The summed E-state index contributed by atoms with van der Waals surface area (Å²) in [5.74, 6) is -0.540. The number of esters is 1. The molecule has 0 saturated carbocycles. The molecule has 0 unspecified atom stereocenters. The lowest BCUT2D eigenvalue weighted by molar-refractivity contribution is -0.117. The Kier molecular flexibility index (Phi) is 6.00. The highest BCUT2D eigenvalue weighted by Gasteiger charge is 2.22. The van der Waals surface area contributed by atoms with E-state index in [1.165, 1.54) is 7.11 Å². The number of carbonyl (C=O) groups is 2. The van der Waals surface area contributed by atoms with E-state index < -0.39 is 17.6 Å². The van der Waals surface area contributed by atoms with E-state index in [1.54, 1.807) is 51.1 Å². The van der Waals surface area contributed by atoms with E-state index in [-0.39, 0.29) is 11.5 Å². The predicted octanol–water partition coefficient (Wildman–Crippen LogP) is 3.29. The van der Waals surface area contributed by atoms with E-state index in [0.29, 0.717) is 17.0 Å². The molecule has 0 radical (unpaired) electrons. The van der Waals surface area contributed by atoms with Crippen molar-refractivity contribution in [3.8, 4) is 5.75 Å². The maximum absolute atomic E-state index is 12.4. The van der Waals surface area contributed by atoms with Gasteiger partial charge >= 0.3 is 5.97 Å². The van der Waals surface area contributed by atoms with Gasteiger partial charge in [-0.15, -0.1) is 0 Å². The van der Waals surface area contributed by atoms with Crippen LogP contribution in [0.1, 0.15) is 42.7 Å². The maximum atomic E-state index is 12.4. The van der Waals surface area contributed by atoms with Gasteiger partial charge in [0, 0.05) is 11.8 Å². The first kappa shape index (κ1) is 19.5. The minimum Gasteiger partial charge on any atom is -0.496 e. The average molecular weight is 356 g/mol. The Morgan fingerprint density at radius 1 is 1.08 bits per heavy atom. The molecule has 2 aromatic rings. The molecule has 1 atom stereocenters. The highest BCUT2D eigenvalue weighted by atomic mass is 16.6. The van der Waals surface area contributed by atoms with Crippen molar-refractivity contribution < 1.29 is 19.1 Å². The van der Waals surface area contributed by atoms with Crippen LogP contribution < -0.4 is 15.8 Å². The van der Waals surface area contributed by atoms with Gasteiger partial charge in [-0.05, 0) is 38.5 Å². The van der Waals surface area contributed by atoms with Crippen LogP contribution in [-0.2, 0) is 9.53 Å². The molecule has 138 valence electrons. The Balaban J connectivity index is 2.16. The van der Waals surface area contributed by atoms with Crippen LogP contribution in [0.2, 0.25) is 0 Å². The van der Waals surface area contributed by atoms with Gasteiger partial charge in [-0.2, -0.15) is 0 Å². The fraction of sp³-hybridized carbons (Fsp3) is 0.300. The standard InChI is InChI=1S/C20H24N2O4/c1-20(2,3)26-19(24)15-11-10-14(12-16(15)25-4)22-18(23)17(21)13-8-6-5-7-9-13/h5-12,17H,21H2,1-4H3,(H,22,23)/t17-/m0/s1. The smallest absolute Gasteiger partial charge is 0.342 e. The van der Waals surface area contributed by atoms with Crippen LogP contribution in [0.3, 0.4) is 0 Å². The summed E-state index contributed by atoms with van der Waals surface area (Å²) in [4.78, 5) is 24.6. The number of methoxy groups -OCH3 is 1. The van der Waals surface area contributed by atoms with Gasteiger partial charge in [0.2, 0.25) is 5.91 Å². The van der Waals surface area contributed by atoms with E-state index in [1.807, 2.05) is 18.2 Å². The van der Waals surface area contributed by atoms with E-state index in [4.69, 9.17) is 15.2 Å². The van der Waals surface area contributed by atoms with Crippen molar-refractivity contribution >= 4 is 17.6 Å². The number of hydrogen-bond donors (Lipinski definition) is 2. The molecule has 0 fully saturated rings. The molecule has 26 heavy (non-hydrogen) atoms. The summed E-state index contributed by atoms with van der Waals surface area (Å²) >= 11 is 0. The number of nitrogens with two attached hydrogens (primary N) is 1. The highest BCUT2D eigenvalue weighted by molar-refractivity contribution is 5.97. The van der Waals surface area contributed by atoms with Crippen molar-refractivity contribution in [3.63, 3.8) is 0 Å². The molecule has 1 amide bonds. The van der Waals surface area contributed by atoms with Crippen LogP contribution in [0.4, 0.5) is 5.69 Å². The molecule has 0 heterocycles. The molecule has 0 bridgehead atoms. The summed E-state index contributed by atoms with van der Waals surface area (Å²) in [6.45, 7) is 5.37. The van der Waals surface area contributed by atoms with Crippen molar-refractivity contribution in [2.45, 2.75) is 32.4 Å². The highest BCUT2D eigenvalue weighted by Crippen LogP contribution is 2.26. The fourth-order valence-electron chi connectivity index (χ4n) is 2.30. The van der Waals surface area contributed by atoms with Crippen molar-refractivity contribution in [1.29, 1.82) is 0 Å². The lowest BCUT2D eigenvalue weighted by Gasteiger charge is -2.20. The number of anilines is 1. The molecule has 0 aliphatic carbocycles. The second-order valence-electron chi connectivity index (χ2n) is 6.79. The SMILES string of the molecule is COc1cc(NC(=O)[C@@H](N)c2ccccc2)ccc1C(=O)OC(C)(C)C. The topological polar surface area (TPSA) is 90.6 Å². The molecule has 0 spiro atoms. The van der Waals surface area contributed by atoms with Gasteiger partial charge in [-0.3, -0.25) is 4.79 Å². The summed E-state index contributed by atoms with van der Waals surface area (Å²) in [7, 11) is 1.45. The minimum atomic E-state index is -0.798. The Morgan fingerprint density at radius 3 is 2.31 bits per heavy atom. The van der Waals surface area contributed by atoms with Crippen LogP contribution >= 0.6 is 0 Å². The molecule has 0 aromatic heterocycles. The summed E-state index contributed by atoms with van der Waals surface area (Å²) in [5.41, 5.74) is 6.85. The molecule has 0 aliphatic heterocycles. The van der Waals surface area contributed by atoms with Crippen LogP contribution in [0, 0.1) is 0 Å². The van der Waals surface area contributed by atoms with Crippen molar-refractivity contribution in [2.24, 2.45) is 5.73 Å². The normalized spacial score (nSPS) is 12.2. The Labute approximate surface area is 153 Å². The lowest BCUT2D eigenvalue weighted by Crippen LogP contribution is -2.27. The zero-order valence-corrected chi connectivity index (χ0v) is 15.4. The third-order valence-corrected chi connectivity index (χ3v) is 3.53. The van der Waals surface area contributed by atoms with Gasteiger partial charge < -0.3 is 20.5 Å². The van der Waals surface area contributed by atoms with Crippen LogP contribution in [0.25, 0.3) is 0 Å². The second kappa shape index (κ2) is 8.01. The first-order chi connectivity index (χ1) is 12.2. The van der Waals surface area contributed by atoms with Gasteiger partial charge in [-0.25, -0.2) is 4.79 Å². The maximum Gasteiger partial charge on any atom is 0.342 e. The molecule has 0 saturated heterocycles. The monoisotopic (exact) mass is 356 g/mol. The van der Waals surface area contributed by atoms with Gasteiger partial charge in [0.15, 0.2) is 0 Å². The number of hydrogen-bond acceptors (Lipinski definition) is 5. The summed E-state index contributed by atoms with van der Waals surface area (Å²) < 4.78 is 10.6. The molecular formula is C20H24N2O4. The number of amides is 1. The van der Waals surface area contributed by atoms with Crippen molar-refractivity contribution in [1.82, 2.24) is 0 Å². The molecule has 6 heteroatoms. The van der Waals surface area contributed by atoms with E-state index in [2.05, 4.69) is 5.32 Å². The number of carbonyl (C=O) groups excluding carboxylic acids is 2. The largest absolute Gasteiger partial charge is 0.496 e. The predicted molar refractivity (Wildman–Crippen MR) is 100 cm³/mol. The first-order valence-corrected chi connectivity index (χ1v) is 8.24. The van der Waals surface area contributed by atoms with Gasteiger partial charge in [0.05, 0.1) is 7.11 Å². The first-order valence-electron chi connectivity index (χ1n) is 8.24. The average Bonchev–Trinajstić information content (AvgIpc) is 2.60. The minimum absolute atomic E-state index is 0.285. The molecule has 0 aliphatic rings. The fourth-order valence-corrected chi connectivity index (χ4v) is 2.30. The third-order valence-electron chi connectivity index (χ3n) is 3.53. The number of rotatable bonds is 5. The van der Waals surface area contributed by atoms with E-state index >= 15 is 0 Å². The van der Waals surface area contributed by atoms with E-state index in [0.717, 1.165) is 0 Å². The number of benzene rings is 2. The molecular weight excluding hydrogens is 332 g/mol. The third kappa shape index (κ3) is 5.07. The van der Waals surface area contributed by atoms with Crippen LogP contribution in [0.5, 0.6) is 5.75 Å². The van der Waals surface area contributed by atoms with Gasteiger partial charge in [0.1, 0.15) is 23.0 Å². The molecule has 2 aromatic carbocycles. The zero-order chi connectivity index (χ0) is 19.3. The Hall–Kier alpha value is -2.86. The molecule has 6 nitrogen and oxygen atoms in total. The van der Waals surface area contributed by atoms with Gasteiger partial charge in [-0.1, -0.05) is 30.3 Å². The molecule has 2 rings (SSSR count). The second-order valence-corrected chi connectivity index (χ2v) is 6.79. The van der Waals surface area contributed by atoms with Crippen molar-refractivity contribution in [3.05, 3.63) is 59.7 Å². The summed E-state index contributed by atoms with van der Waals surface area (Å²) in [6, 6.07) is 13.0. The van der Waals surface area contributed by atoms with Gasteiger partial charge in [0.25, 0.3) is 0 Å². The van der Waals surface area contributed by atoms with E-state index in [9.17, 15) is 9.59 Å². The zero-order valence-electron chi connectivity index (χ0n) is 15.4. The number of ether oxygens (including phenoxy) is 2. The van der Waals surface area contributed by atoms with Crippen LogP contribution in [-0.4, -0.2) is 24.6 Å². The van der Waals surface area contributed by atoms with Crippen LogP contribution in [0.15, 0.2) is 48.5 Å². The lowest BCUT2D eigenvalue weighted by atomic mass is 10.1.